The van der Waals surface area contributed by atoms with Crippen molar-refractivity contribution in [2.75, 3.05) is 0 Å². The van der Waals surface area contributed by atoms with E-state index in [0.29, 0.717) is 0 Å². The lowest BCUT2D eigenvalue weighted by Gasteiger charge is -1.89. The standard InChI is InChI=1S/C5H3BrN4/c6-4-1-2-8-10-3-7-9-5(4)10/h1-3H. The summed E-state index contributed by atoms with van der Waals surface area (Å²) >= 11 is 3.31. The van der Waals surface area contributed by atoms with Crippen LogP contribution in [0, 0.1) is 0 Å². The Bertz CT molecular complexity index is 355. The number of nitrogens with zero attached hydrogens (tertiary/aromatic N) is 4. The number of hydrogen-bond donors (Lipinski definition) is 0. The third kappa shape index (κ3) is 0.706. The Labute approximate surface area is 65.0 Å². The largest absolute Gasteiger partial charge is 0.199 e. The first-order valence-corrected chi connectivity index (χ1v) is 3.48. The first-order valence-electron chi connectivity index (χ1n) is 2.68. The smallest absolute Gasteiger partial charge is 0.191 e. The van der Waals surface area contributed by atoms with Gasteiger partial charge in [-0.05, 0) is 22.0 Å². The Hall–Kier alpha value is -0.970. The van der Waals surface area contributed by atoms with Gasteiger partial charge in [0.2, 0.25) is 0 Å². The van der Waals surface area contributed by atoms with Gasteiger partial charge in [-0.3, -0.25) is 0 Å². The SMILES string of the molecule is Brc1ccnn2cnnc12. The number of rotatable bonds is 0. The predicted molar refractivity (Wildman–Crippen MR) is 38.5 cm³/mol. The third-order valence-corrected chi connectivity index (χ3v) is 1.77. The van der Waals surface area contributed by atoms with Crippen LogP contribution in [0.2, 0.25) is 0 Å². The van der Waals surface area contributed by atoms with Gasteiger partial charge in [0.15, 0.2) is 5.65 Å². The number of halogens is 1. The van der Waals surface area contributed by atoms with Gasteiger partial charge in [-0.1, -0.05) is 0 Å². The lowest BCUT2D eigenvalue weighted by atomic mass is 10.6. The van der Waals surface area contributed by atoms with Crippen molar-refractivity contribution in [3.8, 4) is 0 Å². The second-order valence-electron chi connectivity index (χ2n) is 1.78. The van der Waals surface area contributed by atoms with E-state index in [2.05, 4.69) is 31.2 Å². The molecule has 0 amide bonds. The van der Waals surface area contributed by atoms with E-state index in [-0.39, 0.29) is 0 Å². The highest BCUT2D eigenvalue weighted by Crippen LogP contribution is 2.11. The van der Waals surface area contributed by atoms with E-state index in [9.17, 15) is 0 Å². The zero-order valence-corrected chi connectivity index (χ0v) is 6.48. The Balaban J connectivity index is 2.95. The molecule has 10 heavy (non-hydrogen) atoms. The first kappa shape index (κ1) is 5.79. The minimum Gasteiger partial charge on any atom is -0.199 e. The maximum atomic E-state index is 3.96. The second kappa shape index (κ2) is 2.02. The molecule has 0 aliphatic heterocycles. The second-order valence-corrected chi connectivity index (χ2v) is 2.63. The van der Waals surface area contributed by atoms with Crippen LogP contribution >= 0.6 is 15.9 Å². The molecule has 50 valence electrons. The lowest BCUT2D eigenvalue weighted by Crippen LogP contribution is -1.87. The quantitative estimate of drug-likeness (QED) is 0.632. The average Bonchev–Trinajstić information content (AvgIpc) is 2.36. The Morgan fingerprint density at radius 3 is 3.20 bits per heavy atom. The van der Waals surface area contributed by atoms with Crippen molar-refractivity contribution in [2.24, 2.45) is 0 Å². The summed E-state index contributed by atoms with van der Waals surface area (Å²) in [6, 6.07) is 1.82. The van der Waals surface area contributed by atoms with Crippen molar-refractivity contribution in [1.29, 1.82) is 0 Å². The van der Waals surface area contributed by atoms with Gasteiger partial charge in [0.25, 0.3) is 0 Å². The highest BCUT2D eigenvalue weighted by molar-refractivity contribution is 9.10. The van der Waals surface area contributed by atoms with Crippen molar-refractivity contribution in [3.05, 3.63) is 23.1 Å². The monoisotopic (exact) mass is 198 g/mol. The summed E-state index contributed by atoms with van der Waals surface area (Å²) in [6.45, 7) is 0. The summed E-state index contributed by atoms with van der Waals surface area (Å²) in [5, 5.41) is 11.5. The van der Waals surface area contributed by atoms with E-state index >= 15 is 0 Å². The number of aromatic nitrogens is 4. The highest BCUT2D eigenvalue weighted by atomic mass is 79.9. The van der Waals surface area contributed by atoms with Crippen LogP contribution in [0.1, 0.15) is 0 Å². The molecule has 0 saturated carbocycles. The van der Waals surface area contributed by atoms with E-state index < -0.39 is 0 Å². The van der Waals surface area contributed by atoms with E-state index in [0.717, 1.165) is 10.1 Å². The molecule has 4 nitrogen and oxygen atoms in total. The molecule has 0 aromatic carbocycles. The lowest BCUT2D eigenvalue weighted by molar-refractivity contribution is 0.923. The van der Waals surface area contributed by atoms with Crippen molar-refractivity contribution < 1.29 is 0 Å². The molecule has 2 aromatic heterocycles. The minimum absolute atomic E-state index is 0.738. The van der Waals surface area contributed by atoms with Crippen LogP contribution in [0.5, 0.6) is 0 Å². The molecule has 0 fully saturated rings. The van der Waals surface area contributed by atoms with Crippen molar-refractivity contribution in [1.82, 2.24) is 19.8 Å². The zero-order chi connectivity index (χ0) is 6.97. The van der Waals surface area contributed by atoms with Crippen molar-refractivity contribution in [3.63, 3.8) is 0 Å². The van der Waals surface area contributed by atoms with Crippen molar-refractivity contribution >= 4 is 21.6 Å². The van der Waals surface area contributed by atoms with Gasteiger partial charge in [0, 0.05) is 6.20 Å². The molecule has 0 unspecified atom stereocenters. The summed E-state index contributed by atoms with van der Waals surface area (Å²) in [5.41, 5.74) is 0.738. The van der Waals surface area contributed by atoms with E-state index in [1.165, 1.54) is 0 Å². The molecule has 0 N–H and O–H groups in total. The summed E-state index contributed by atoms with van der Waals surface area (Å²) in [6.07, 6.45) is 3.24. The molecule has 2 heterocycles. The molecule has 5 heteroatoms. The molecule has 0 aliphatic carbocycles. The first-order chi connectivity index (χ1) is 4.88. The van der Waals surface area contributed by atoms with Crippen molar-refractivity contribution in [2.45, 2.75) is 0 Å². The topological polar surface area (TPSA) is 43.1 Å². The van der Waals surface area contributed by atoms with Crippen LogP contribution in [0.25, 0.3) is 5.65 Å². The fourth-order valence-electron chi connectivity index (χ4n) is 0.717. The maximum Gasteiger partial charge on any atom is 0.191 e. The Kier molecular flexibility index (Phi) is 1.17. The highest BCUT2D eigenvalue weighted by Gasteiger charge is 1.97. The van der Waals surface area contributed by atoms with Gasteiger partial charge in [0.1, 0.15) is 6.33 Å². The minimum atomic E-state index is 0.738. The van der Waals surface area contributed by atoms with E-state index in [4.69, 9.17) is 0 Å². The van der Waals surface area contributed by atoms with Gasteiger partial charge in [0.05, 0.1) is 4.47 Å². The van der Waals surface area contributed by atoms with Crippen LogP contribution in [0.4, 0.5) is 0 Å². The number of fused-ring (bicyclic) bond motifs is 1. The fraction of sp³-hybridized carbons (Fsp3) is 0. The van der Waals surface area contributed by atoms with Crippen LogP contribution < -0.4 is 0 Å². The molecule has 0 spiro atoms. The summed E-state index contributed by atoms with van der Waals surface area (Å²) in [7, 11) is 0. The average molecular weight is 199 g/mol. The normalized spacial score (nSPS) is 10.5. The van der Waals surface area contributed by atoms with Gasteiger partial charge in [-0.15, -0.1) is 10.2 Å². The molecule has 0 radical (unpaired) electrons. The van der Waals surface area contributed by atoms with Gasteiger partial charge >= 0.3 is 0 Å². The molecule has 0 aliphatic rings. The summed E-state index contributed by atoms with van der Waals surface area (Å²) in [5.74, 6) is 0. The van der Waals surface area contributed by atoms with Gasteiger partial charge in [-0.25, -0.2) is 0 Å². The van der Waals surface area contributed by atoms with E-state index in [1.54, 1.807) is 17.0 Å². The zero-order valence-electron chi connectivity index (χ0n) is 4.90. The molecule has 0 atom stereocenters. The Morgan fingerprint density at radius 1 is 1.50 bits per heavy atom. The molecular formula is C5H3BrN4. The fourth-order valence-corrected chi connectivity index (χ4v) is 1.10. The molecule has 2 rings (SSSR count). The maximum absolute atomic E-state index is 3.96. The van der Waals surface area contributed by atoms with Gasteiger partial charge < -0.3 is 0 Å². The molecule has 0 bridgehead atoms. The van der Waals surface area contributed by atoms with E-state index in [1.807, 2.05) is 6.07 Å². The molecule has 0 saturated heterocycles. The van der Waals surface area contributed by atoms with Crippen LogP contribution in [0.15, 0.2) is 23.1 Å². The van der Waals surface area contributed by atoms with Crippen LogP contribution in [-0.2, 0) is 0 Å². The molecular weight excluding hydrogens is 196 g/mol. The Morgan fingerprint density at radius 2 is 2.40 bits per heavy atom. The van der Waals surface area contributed by atoms with Gasteiger partial charge in [-0.2, -0.15) is 9.61 Å². The summed E-state index contributed by atoms with van der Waals surface area (Å²) in [4.78, 5) is 0. The van der Waals surface area contributed by atoms with Crippen LogP contribution in [0.3, 0.4) is 0 Å². The third-order valence-electron chi connectivity index (χ3n) is 1.16. The molecule has 2 aromatic rings. The number of hydrogen-bond acceptors (Lipinski definition) is 3. The summed E-state index contributed by atoms with van der Waals surface area (Å²) < 4.78 is 2.50. The predicted octanol–water partition coefficient (Wildman–Crippen LogP) is 0.887. The van der Waals surface area contributed by atoms with Crippen LogP contribution in [-0.4, -0.2) is 19.8 Å².